The first-order valence-corrected chi connectivity index (χ1v) is 5.16. The van der Waals surface area contributed by atoms with Crippen molar-refractivity contribution in [3.05, 3.63) is 35.6 Å². The van der Waals surface area contributed by atoms with Crippen molar-refractivity contribution >= 4 is 29.0 Å². The molecule has 0 spiro atoms. The maximum absolute atomic E-state index is 12.7. The van der Waals surface area contributed by atoms with Gasteiger partial charge in [-0.15, -0.1) is 0 Å². The van der Waals surface area contributed by atoms with Crippen LogP contribution in [0, 0.1) is 5.82 Å². The molecule has 82 valence electrons. The van der Waals surface area contributed by atoms with Crippen molar-refractivity contribution in [2.24, 2.45) is 0 Å². The summed E-state index contributed by atoms with van der Waals surface area (Å²) in [6.07, 6.45) is 0.389. The van der Waals surface area contributed by atoms with Gasteiger partial charge in [-0.3, -0.25) is 9.59 Å². The predicted molar refractivity (Wildman–Crippen MR) is 59.2 cm³/mol. The lowest BCUT2D eigenvalue weighted by Gasteiger charge is -2.14. The van der Waals surface area contributed by atoms with Crippen LogP contribution in [-0.4, -0.2) is 21.7 Å². The Morgan fingerprint density at radius 3 is 2.12 bits per heavy atom. The highest BCUT2D eigenvalue weighted by Crippen LogP contribution is 2.17. The van der Waals surface area contributed by atoms with E-state index in [1.54, 1.807) is 0 Å². The third kappa shape index (κ3) is 1.86. The molecule has 2 amide bonds. The maximum Gasteiger partial charge on any atom is 0.234 e. The molecule has 1 aromatic rings. The second kappa shape index (κ2) is 4.09. The van der Waals surface area contributed by atoms with E-state index in [0.717, 1.165) is 4.90 Å². The predicted octanol–water partition coefficient (Wildman–Crippen LogP) is 1.65. The van der Waals surface area contributed by atoms with Crippen LogP contribution in [0.4, 0.5) is 4.39 Å². The number of likely N-dealkylation sites (tertiary alicyclic amines) is 1. The van der Waals surface area contributed by atoms with Crippen LogP contribution in [0.25, 0.3) is 0 Å². The summed E-state index contributed by atoms with van der Waals surface area (Å²) in [7, 11) is 0. The van der Waals surface area contributed by atoms with E-state index in [2.05, 4.69) is 0 Å². The Labute approximate surface area is 96.9 Å². The van der Waals surface area contributed by atoms with Crippen molar-refractivity contribution in [1.29, 1.82) is 0 Å². The number of nitrogens with zero attached hydrogens (tertiary/aromatic N) is 1. The van der Waals surface area contributed by atoms with Gasteiger partial charge < -0.3 is 0 Å². The number of imide groups is 1. The molecule has 0 atom stereocenters. The Balaban J connectivity index is 2.28. The van der Waals surface area contributed by atoms with Gasteiger partial charge in [0.05, 0.1) is 0 Å². The number of hydrogen-bond donors (Lipinski definition) is 0. The van der Waals surface area contributed by atoms with Gasteiger partial charge in [0.15, 0.2) is 0 Å². The summed E-state index contributed by atoms with van der Waals surface area (Å²) in [6, 6.07) is 5.40. The SMILES string of the molecule is O=C1CCC(=O)N1C(=S)c1ccc(F)cc1. The smallest absolute Gasteiger partial charge is 0.234 e. The van der Waals surface area contributed by atoms with E-state index < -0.39 is 0 Å². The summed E-state index contributed by atoms with van der Waals surface area (Å²) in [5, 5.41) is 0. The third-order valence-corrected chi connectivity index (χ3v) is 2.76. The van der Waals surface area contributed by atoms with Gasteiger partial charge in [0.25, 0.3) is 0 Å². The largest absolute Gasteiger partial charge is 0.274 e. The number of carbonyl (C=O) groups is 2. The monoisotopic (exact) mass is 237 g/mol. The zero-order valence-corrected chi connectivity index (χ0v) is 9.09. The van der Waals surface area contributed by atoms with Crippen LogP contribution < -0.4 is 0 Å². The Morgan fingerprint density at radius 1 is 1.12 bits per heavy atom. The highest BCUT2D eigenvalue weighted by atomic mass is 32.1. The van der Waals surface area contributed by atoms with Gasteiger partial charge in [-0.1, -0.05) is 12.2 Å². The standard InChI is InChI=1S/C11H8FNO2S/c12-8-3-1-7(2-4-8)11(16)13-9(14)5-6-10(13)15/h1-4H,5-6H2. The fraction of sp³-hybridized carbons (Fsp3) is 0.182. The lowest BCUT2D eigenvalue weighted by Crippen LogP contribution is -2.34. The zero-order chi connectivity index (χ0) is 11.7. The van der Waals surface area contributed by atoms with Crippen LogP contribution in [0.15, 0.2) is 24.3 Å². The van der Waals surface area contributed by atoms with E-state index in [1.807, 2.05) is 0 Å². The second-order valence-corrected chi connectivity index (χ2v) is 3.82. The molecule has 1 fully saturated rings. The number of benzene rings is 1. The summed E-state index contributed by atoms with van der Waals surface area (Å²) in [5.41, 5.74) is 0.500. The molecule has 2 rings (SSSR count). The quantitative estimate of drug-likeness (QED) is 0.550. The number of hydrogen-bond acceptors (Lipinski definition) is 3. The van der Waals surface area contributed by atoms with E-state index >= 15 is 0 Å². The van der Waals surface area contributed by atoms with E-state index in [9.17, 15) is 14.0 Å². The highest BCUT2D eigenvalue weighted by Gasteiger charge is 2.32. The van der Waals surface area contributed by atoms with Crippen molar-refractivity contribution in [2.45, 2.75) is 12.8 Å². The van der Waals surface area contributed by atoms with E-state index in [4.69, 9.17) is 12.2 Å². The minimum absolute atomic E-state index is 0.146. The van der Waals surface area contributed by atoms with Gasteiger partial charge in [0, 0.05) is 18.4 Å². The summed E-state index contributed by atoms with van der Waals surface area (Å²) in [6.45, 7) is 0. The van der Waals surface area contributed by atoms with Crippen LogP contribution in [-0.2, 0) is 9.59 Å². The first kappa shape index (κ1) is 10.9. The van der Waals surface area contributed by atoms with Crippen molar-refractivity contribution in [1.82, 2.24) is 4.90 Å². The molecule has 0 N–H and O–H groups in total. The summed E-state index contributed by atoms with van der Waals surface area (Å²) in [4.78, 5) is 24.0. The molecule has 0 unspecified atom stereocenters. The maximum atomic E-state index is 12.7. The second-order valence-electron chi connectivity index (χ2n) is 3.43. The van der Waals surface area contributed by atoms with Crippen LogP contribution in [0.2, 0.25) is 0 Å². The van der Waals surface area contributed by atoms with Crippen molar-refractivity contribution < 1.29 is 14.0 Å². The van der Waals surface area contributed by atoms with E-state index in [0.29, 0.717) is 5.56 Å². The molecule has 5 heteroatoms. The number of amides is 2. The Bertz CT molecular complexity index is 453. The van der Waals surface area contributed by atoms with Crippen LogP contribution in [0.5, 0.6) is 0 Å². The van der Waals surface area contributed by atoms with Gasteiger partial charge in [0.1, 0.15) is 10.8 Å². The van der Waals surface area contributed by atoms with Gasteiger partial charge in [-0.05, 0) is 24.3 Å². The highest BCUT2D eigenvalue weighted by molar-refractivity contribution is 7.80. The fourth-order valence-corrected chi connectivity index (χ4v) is 1.86. The van der Waals surface area contributed by atoms with Crippen molar-refractivity contribution in [3.8, 4) is 0 Å². The lowest BCUT2D eigenvalue weighted by atomic mass is 10.2. The molecule has 0 radical (unpaired) electrons. The minimum atomic E-state index is -0.384. The molecule has 0 aromatic heterocycles. The molecular weight excluding hydrogens is 229 g/mol. The van der Waals surface area contributed by atoms with Crippen LogP contribution >= 0.6 is 12.2 Å². The Morgan fingerprint density at radius 2 is 1.62 bits per heavy atom. The topological polar surface area (TPSA) is 37.4 Å². The average molecular weight is 237 g/mol. The zero-order valence-electron chi connectivity index (χ0n) is 8.27. The molecule has 1 aliphatic heterocycles. The number of halogens is 1. The third-order valence-electron chi connectivity index (χ3n) is 2.35. The van der Waals surface area contributed by atoms with Crippen molar-refractivity contribution in [3.63, 3.8) is 0 Å². The normalized spacial score (nSPS) is 15.7. The van der Waals surface area contributed by atoms with E-state index in [-0.39, 0.29) is 35.5 Å². The number of thiocarbonyl (C=S) groups is 1. The number of carbonyl (C=O) groups excluding carboxylic acids is 2. The molecule has 1 saturated heterocycles. The van der Waals surface area contributed by atoms with Gasteiger partial charge in [-0.25, -0.2) is 9.29 Å². The van der Waals surface area contributed by atoms with Gasteiger partial charge >= 0.3 is 0 Å². The summed E-state index contributed by atoms with van der Waals surface area (Å²) >= 11 is 5.04. The Hall–Kier alpha value is -1.62. The number of rotatable bonds is 1. The first-order valence-electron chi connectivity index (χ1n) is 4.75. The fourth-order valence-electron chi connectivity index (χ4n) is 1.52. The lowest BCUT2D eigenvalue weighted by molar-refractivity contribution is -0.133. The minimum Gasteiger partial charge on any atom is -0.274 e. The van der Waals surface area contributed by atoms with Gasteiger partial charge in [-0.2, -0.15) is 0 Å². The van der Waals surface area contributed by atoms with Gasteiger partial charge in [0.2, 0.25) is 11.8 Å². The summed E-state index contributed by atoms with van der Waals surface area (Å²) < 4.78 is 12.7. The van der Waals surface area contributed by atoms with Crippen LogP contribution in [0.3, 0.4) is 0 Å². The molecule has 1 heterocycles. The Kier molecular flexibility index (Phi) is 2.78. The molecular formula is C11H8FNO2S. The molecule has 0 aliphatic carbocycles. The molecule has 0 saturated carbocycles. The molecule has 0 bridgehead atoms. The van der Waals surface area contributed by atoms with E-state index in [1.165, 1.54) is 24.3 Å². The molecule has 1 aliphatic rings. The molecule has 16 heavy (non-hydrogen) atoms. The summed E-state index contributed by atoms with van der Waals surface area (Å²) in [5.74, 6) is -0.968. The van der Waals surface area contributed by atoms with Crippen LogP contribution in [0.1, 0.15) is 18.4 Å². The first-order chi connectivity index (χ1) is 7.59. The van der Waals surface area contributed by atoms with Crippen molar-refractivity contribution in [2.75, 3.05) is 0 Å². The molecule has 3 nitrogen and oxygen atoms in total. The average Bonchev–Trinajstić information content (AvgIpc) is 2.59. The molecule has 1 aromatic carbocycles.